The molecule has 3 atom stereocenters. The summed E-state index contributed by atoms with van der Waals surface area (Å²) in [6.07, 6.45) is 0.770. The molecule has 0 heterocycles. The van der Waals surface area contributed by atoms with Crippen LogP contribution in [0, 0.1) is 0 Å². The fourth-order valence-corrected chi connectivity index (χ4v) is 2.28. The Morgan fingerprint density at radius 2 is 2.20 bits per heavy atom. The maximum Gasteiger partial charge on any atom is 0.319 e. The molecule has 6 heteroatoms. The van der Waals surface area contributed by atoms with Gasteiger partial charge in [-0.2, -0.15) is 0 Å². The first-order valence-corrected chi connectivity index (χ1v) is 6.73. The van der Waals surface area contributed by atoms with Gasteiger partial charge in [0.25, 0.3) is 0 Å². The van der Waals surface area contributed by atoms with Crippen molar-refractivity contribution in [1.82, 2.24) is 5.32 Å². The zero-order chi connectivity index (χ0) is 14.5. The number of ether oxygens (including phenoxy) is 2. The van der Waals surface area contributed by atoms with E-state index in [4.69, 9.17) is 15.2 Å². The van der Waals surface area contributed by atoms with E-state index in [1.807, 2.05) is 19.1 Å². The molecule has 1 aliphatic rings. The molecule has 0 saturated heterocycles. The van der Waals surface area contributed by atoms with Crippen LogP contribution in [0.4, 0.5) is 10.5 Å². The molecule has 4 N–H and O–H groups in total. The van der Waals surface area contributed by atoms with Gasteiger partial charge in [0.05, 0.1) is 24.9 Å². The van der Waals surface area contributed by atoms with E-state index in [9.17, 15) is 4.79 Å². The Kier molecular flexibility index (Phi) is 4.81. The van der Waals surface area contributed by atoms with Gasteiger partial charge < -0.3 is 25.8 Å². The van der Waals surface area contributed by atoms with Gasteiger partial charge in [-0.05, 0) is 25.5 Å². The Labute approximate surface area is 118 Å². The Hall–Kier alpha value is -1.79. The van der Waals surface area contributed by atoms with E-state index in [1.54, 1.807) is 19.2 Å². The maximum absolute atomic E-state index is 12.0. The fourth-order valence-electron chi connectivity index (χ4n) is 2.28. The number of hydrogen-bond donors (Lipinski definition) is 3. The van der Waals surface area contributed by atoms with E-state index in [0.29, 0.717) is 18.0 Å². The Bertz CT molecular complexity index is 465. The first-order chi connectivity index (χ1) is 9.65. The van der Waals surface area contributed by atoms with Gasteiger partial charge in [0.15, 0.2) is 0 Å². The highest BCUT2D eigenvalue weighted by Gasteiger charge is 2.40. The third kappa shape index (κ3) is 3.20. The topological polar surface area (TPSA) is 85.6 Å². The van der Waals surface area contributed by atoms with Gasteiger partial charge >= 0.3 is 6.03 Å². The van der Waals surface area contributed by atoms with E-state index in [1.165, 1.54) is 0 Å². The van der Waals surface area contributed by atoms with Crippen LogP contribution in [-0.4, -0.2) is 37.9 Å². The standard InChI is InChI=1S/C14H21N3O3/c1-3-20-12-8-9(15)13(12)17-14(18)16-10-6-4-5-7-11(10)19-2/h4-7,9,12-13H,3,8,15H2,1-2H3,(H2,16,17,18). The van der Waals surface area contributed by atoms with Crippen molar-refractivity contribution < 1.29 is 14.3 Å². The number of hydrogen-bond acceptors (Lipinski definition) is 4. The Morgan fingerprint density at radius 1 is 1.45 bits per heavy atom. The van der Waals surface area contributed by atoms with Gasteiger partial charge in [0, 0.05) is 12.6 Å². The van der Waals surface area contributed by atoms with Gasteiger partial charge in [0.1, 0.15) is 5.75 Å². The molecule has 2 rings (SSSR count). The van der Waals surface area contributed by atoms with Crippen molar-refractivity contribution in [3.8, 4) is 5.75 Å². The third-order valence-electron chi connectivity index (χ3n) is 3.40. The number of carbonyl (C=O) groups is 1. The lowest BCUT2D eigenvalue weighted by molar-refractivity contribution is -0.0277. The molecule has 1 saturated carbocycles. The molecule has 1 aromatic rings. The molecule has 1 aromatic carbocycles. The molecule has 3 unspecified atom stereocenters. The van der Waals surface area contributed by atoms with Crippen LogP contribution in [0.1, 0.15) is 13.3 Å². The Morgan fingerprint density at radius 3 is 2.85 bits per heavy atom. The van der Waals surface area contributed by atoms with E-state index < -0.39 is 0 Å². The number of nitrogens with one attached hydrogen (secondary N) is 2. The van der Waals surface area contributed by atoms with Crippen LogP contribution in [0.15, 0.2) is 24.3 Å². The number of rotatable bonds is 5. The highest BCUT2D eigenvalue weighted by Crippen LogP contribution is 2.25. The number of anilines is 1. The minimum absolute atomic E-state index is 0.00146. The minimum atomic E-state index is -0.306. The molecule has 110 valence electrons. The van der Waals surface area contributed by atoms with E-state index in [2.05, 4.69) is 10.6 Å². The highest BCUT2D eigenvalue weighted by molar-refractivity contribution is 5.91. The molecule has 2 amide bonds. The SMILES string of the molecule is CCOC1CC(N)C1NC(=O)Nc1ccccc1OC. The molecule has 0 spiro atoms. The molecule has 20 heavy (non-hydrogen) atoms. The van der Waals surface area contributed by atoms with Crippen LogP contribution < -0.4 is 21.1 Å². The second-order valence-corrected chi connectivity index (χ2v) is 4.72. The summed E-state index contributed by atoms with van der Waals surface area (Å²) >= 11 is 0. The highest BCUT2D eigenvalue weighted by atomic mass is 16.5. The number of carbonyl (C=O) groups excluding carboxylic acids is 1. The molecule has 0 radical (unpaired) electrons. The van der Waals surface area contributed by atoms with Crippen LogP contribution in [0.25, 0.3) is 0 Å². The van der Waals surface area contributed by atoms with Gasteiger partial charge in [-0.25, -0.2) is 4.79 Å². The first-order valence-electron chi connectivity index (χ1n) is 6.73. The molecule has 0 aromatic heterocycles. The Balaban J connectivity index is 1.92. The van der Waals surface area contributed by atoms with Crippen molar-refractivity contribution in [1.29, 1.82) is 0 Å². The molecular weight excluding hydrogens is 258 g/mol. The van der Waals surface area contributed by atoms with Crippen molar-refractivity contribution in [2.75, 3.05) is 19.0 Å². The van der Waals surface area contributed by atoms with Crippen LogP contribution in [0.2, 0.25) is 0 Å². The molecular formula is C14H21N3O3. The smallest absolute Gasteiger partial charge is 0.319 e. The summed E-state index contributed by atoms with van der Waals surface area (Å²) in [5.74, 6) is 0.613. The lowest BCUT2D eigenvalue weighted by Gasteiger charge is -2.42. The van der Waals surface area contributed by atoms with Crippen molar-refractivity contribution >= 4 is 11.7 Å². The number of benzene rings is 1. The normalized spacial score (nSPS) is 24.6. The van der Waals surface area contributed by atoms with Crippen LogP contribution in [0.3, 0.4) is 0 Å². The monoisotopic (exact) mass is 279 g/mol. The lowest BCUT2D eigenvalue weighted by atomic mass is 9.83. The maximum atomic E-state index is 12.0. The van der Waals surface area contributed by atoms with Gasteiger partial charge in [-0.1, -0.05) is 12.1 Å². The van der Waals surface area contributed by atoms with E-state index >= 15 is 0 Å². The summed E-state index contributed by atoms with van der Waals surface area (Å²) in [5.41, 5.74) is 6.51. The molecule has 0 bridgehead atoms. The van der Waals surface area contributed by atoms with E-state index in [-0.39, 0.29) is 24.2 Å². The second-order valence-electron chi connectivity index (χ2n) is 4.72. The number of urea groups is 1. The fraction of sp³-hybridized carbons (Fsp3) is 0.500. The summed E-state index contributed by atoms with van der Waals surface area (Å²) in [4.78, 5) is 12.0. The van der Waals surface area contributed by atoms with E-state index in [0.717, 1.165) is 6.42 Å². The largest absolute Gasteiger partial charge is 0.495 e. The van der Waals surface area contributed by atoms with Crippen molar-refractivity contribution in [2.24, 2.45) is 5.73 Å². The third-order valence-corrected chi connectivity index (χ3v) is 3.40. The molecule has 6 nitrogen and oxygen atoms in total. The molecule has 0 aliphatic heterocycles. The number of methoxy groups -OCH3 is 1. The van der Waals surface area contributed by atoms with Crippen LogP contribution in [-0.2, 0) is 4.74 Å². The number of amides is 2. The average molecular weight is 279 g/mol. The zero-order valence-electron chi connectivity index (χ0n) is 11.8. The second kappa shape index (κ2) is 6.58. The summed E-state index contributed by atoms with van der Waals surface area (Å²) in [7, 11) is 1.56. The molecule has 1 aliphatic carbocycles. The van der Waals surface area contributed by atoms with Crippen molar-refractivity contribution in [2.45, 2.75) is 31.5 Å². The predicted molar refractivity (Wildman–Crippen MR) is 76.9 cm³/mol. The summed E-state index contributed by atoms with van der Waals surface area (Å²) in [6, 6.07) is 6.72. The quantitative estimate of drug-likeness (QED) is 0.759. The lowest BCUT2D eigenvalue weighted by Crippen LogP contribution is -2.65. The van der Waals surface area contributed by atoms with Gasteiger partial charge in [-0.15, -0.1) is 0 Å². The van der Waals surface area contributed by atoms with Crippen LogP contribution in [0.5, 0.6) is 5.75 Å². The van der Waals surface area contributed by atoms with Crippen molar-refractivity contribution in [3.63, 3.8) is 0 Å². The summed E-state index contributed by atoms with van der Waals surface area (Å²) in [6.45, 7) is 2.54. The zero-order valence-corrected chi connectivity index (χ0v) is 11.8. The van der Waals surface area contributed by atoms with Crippen LogP contribution >= 0.6 is 0 Å². The first kappa shape index (κ1) is 14.6. The minimum Gasteiger partial charge on any atom is -0.495 e. The summed E-state index contributed by atoms with van der Waals surface area (Å²) < 4.78 is 10.7. The van der Waals surface area contributed by atoms with Crippen molar-refractivity contribution in [3.05, 3.63) is 24.3 Å². The van der Waals surface area contributed by atoms with Gasteiger partial charge in [0.2, 0.25) is 0 Å². The number of para-hydroxylation sites is 2. The predicted octanol–water partition coefficient (Wildman–Crippen LogP) is 1.32. The average Bonchev–Trinajstić information content (AvgIpc) is 2.45. The van der Waals surface area contributed by atoms with Gasteiger partial charge in [-0.3, -0.25) is 0 Å². The number of nitrogens with two attached hydrogens (primary N) is 1. The molecule has 1 fully saturated rings. The summed E-state index contributed by atoms with van der Waals surface area (Å²) in [5, 5.41) is 5.60.